The van der Waals surface area contributed by atoms with Crippen molar-refractivity contribution < 1.29 is 22.8 Å². The van der Waals surface area contributed by atoms with Gasteiger partial charge in [-0.2, -0.15) is 0 Å². The van der Waals surface area contributed by atoms with Gasteiger partial charge in [-0.25, -0.2) is 8.42 Å². The van der Waals surface area contributed by atoms with Gasteiger partial charge in [-0.15, -0.1) is 0 Å². The summed E-state index contributed by atoms with van der Waals surface area (Å²) in [4.78, 5) is -0.00182. The number of hydrogen-bond acceptors (Lipinski definition) is 6. The van der Waals surface area contributed by atoms with Crippen molar-refractivity contribution in [1.82, 2.24) is 5.16 Å². The van der Waals surface area contributed by atoms with Crippen molar-refractivity contribution in [3.8, 4) is 5.75 Å². The number of ether oxygens (including phenoxy) is 1. The Morgan fingerprint density at radius 3 is 2.71 bits per heavy atom. The van der Waals surface area contributed by atoms with E-state index in [2.05, 4.69) is 5.16 Å². The standard InChI is InChI=1S/C16H18ClNO5S/c1-3-22-16-12(24(2,20)21)7-6-10(13(16)17)14(19)11-8-18-23-15(11)9-4-5-9/h6-9,14,19H,3-5H2,1-2H3. The van der Waals surface area contributed by atoms with E-state index < -0.39 is 15.9 Å². The second kappa shape index (κ2) is 6.38. The summed E-state index contributed by atoms with van der Waals surface area (Å²) in [5, 5.41) is 14.6. The van der Waals surface area contributed by atoms with Crippen LogP contribution in [0.1, 0.15) is 48.7 Å². The highest BCUT2D eigenvalue weighted by atomic mass is 35.5. The molecule has 1 heterocycles. The molecular weight excluding hydrogens is 354 g/mol. The Labute approximate surface area is 145 Å². The van der Waals surface area contributed by atoms with Crippen molar-refractivity contribution in [3.05, 3.63) is 40.2 Å². The van der Waals surface area contributed by atoms with Crippen LogP contribution in [0.3, 0.4) is 0 Å². The molecule has 0 aliphatic heterocycles. The fourth-order valence-electron chi connectivity index (χ4n) is 2.62. The Bertz CT molecular complexity index is 857. The van der Waals surface area contributed by atoms with Crippen molar-refractivity contribution >= 4 is 21.4 Å². The first-order valence-corrected chi connectivity index (χ1v) is 9.89. The monoisotopic (exact) mass is 371 g/mol. The number of benzene rings is 1. The summed E-state index contributed by atoms with van der Waals surface area (Å²) in [6.45, 7) is 1.99. The first-order valence-electron chi connectivity index (χ1n) is 7.62. The third kappa shape index (κ3) is 3.16. The second-order valence-electron chi connectivity index (χ2n) is 5.82. The van der Waals surface area contributed by atoms with Crippen LogP contribution in [0, 0.1) is 0 Å². The second-order valence-corrected chi connectivity index (χ2v) is 8.19. The van der Waals surface area contributed by atoms with Crippen LogP contribution in [0.25, 0.3) is 0 Å². The van der Waals surface area contributed by atoms with Crippen LogP contribution >= 0.6 is 11.6 Å². The molecule has 0 spiro atoms. The lowest BCUT2D eigenvalue weighted by atomic mass is 10.0. The minimum Gasteiger partial charge on any atom is -0.491 e. The van der Waals surface area contributed by atoms with Gasteiger partial charge in [0.25, 0.3) is 0 Å². The molecule has 1 N–H and O–H groups in total. The molecule has 0 amide bonds. The lowest BCUT2D eigenvalue weighted by Crippen LogP contribution is -2.08. The van der Waals surface area contributed by atoms with Gasteiger partial charge in [-0.1, -0.05) is 22.8 Å². The Balaban J connectivity index is 2.07. The molecule has 0 saturated heterocycles. The molecule has 0 bridgehead atoms. The van der Waals surface area contributed by atoms with Gasteiger partial charge < -0.3 is 14.4 Å². The molecule has 0 radical (unpaired) electrons. The maximum Gasteiger partial charge on any atom is 0.179 e. The molecular formula is C16H18ClNO5S. The highest BCUT2D eigenvalue weighted by Gasteiger charge is 2.34. The van der Waals surface area contributed by atoms with Crippen molar-refractivity contribution in [2.75, 3.05) is 12.9 Å². The number of aliphatic hydroxyl groups is 1. The van der Waals surface area contributed by atoms with Crippen LogP contribution in [0.15, 0.2) is 27.7 Å². The molecule has 1 saturated carbocycles. The van der Waals surface area contributed by atoms with Gasteiger partial charge in [0.15, 0.2) is 15.6 Å². The van der Waals surface area contributed by atoms with Crippen LogP contribution in [-0.4, -0.2) is 31.5 Å². The normalized spacial score (nSPS) is 16.2. The predicted molar refractivity (Wildman–Crippen MR) is 88.3 cm³/mol. The fourth-order valence-corrected chi connectivity index (χ4v) is 3.81. The molecule has 2 aromatic rings. The minimum atomic E-state index is -3.51. The SMILES string of the molecule is CCOc1c(S(C)(=O)=O)ccc(C(O)c2cnoc2C2CC2)c1Cl. The summed E-state index contributed by atoms with van der Waals surface area (Å²) in [6.07, 6.45) is 3.49. The van der Waals surface area contributed by atoms with Crippen LogP contribution in [0.5, 0.6) is 5.75 Å². The van der Waals surface area contributed by atoms with Crippen molar-refractivity contribution in [3.63, 3.8) is 0 Å². The van der Waals surface area contributed by atoms with Gasteiger partial charge in [0.05, 0.1) is 17.8 Å². The van der Waals surface area contributed by atoms with Gasteiger partial charge in [-0.3, -0.25) is 0 Å². The third-order valence-corrected chi connectivity index (χ3v) is 5.45. The van der Waals surface area contributed by atoms with E-state index in [0.29, 0.717) is 16.9 Å². The minimum absolute atomic E-state index is 0.00182. The molecule has 1 aromatic carbocycles. The van der Waals surface area contributed by atoms with Crippen molar-refractivity contribution in [1.29, 1.82) is 0 Å². The largest absolute Gasteiger partial charge is 0.491 e. The van der Waals surface area contributed by atoms with E-state index in [4.69, 9.17) is 20.9 Å². The van der Waals surface area contributed by atoms with E-state index in [-0.39, 0.29) is 28.2 Å². The summed E-state index contributed by atoms with van der Waals surface area (Å²) in [7, 11) is -3.51. The van der Waals surface area contributed by atoms with E-state index >= 15 is 0 Å². The zero-order chi connectivity index (χ0) is 17.5. The van der Waals surface area contributed by atoms with E-state index in [0.717, 1.165) is 19.1 Å². The van der Waals surface area contributed by atoms with Crippen LogP contribution < -0.4 is 4.74 Å². The van der Waals surface area contributed by atoms with Crippen molar-refractivity contribution in [2.24, 2.45) is 0 Å². The lowest BCUT2D eigenvalue weighted by molar-refractivity contribution is 0.216. The molecule has 130 valence electrons. The number of rotatable bonds is 6. The average Bonchev–Trinajstić information content (AvgIpc) is 3.24. The summed E-state index contributed by atoms with van der Waals surface area (Å²) < 4.78 is 34.5. The number of halogens is 1. The quantitative estimate of drug-likeness (QED) is 0.839. The molecule has 6 nitrogen and oxygen atoms in total. The number of aliphatic hydroxyl groups excluding tert-OH is 1. The highest BCUT2D eigenvalue weighted by Crippen LogP contribution is 2.45. The van der Waals surface area contributed by atoms with Gasteiger partial charge in [0, 0.05) is 23.3 Å². The molecule has 8 heteroatoms. The van der Waals surface area contributed by atoms with Gasteiger partial charge in [0.1, 0.15) is 16.8 Å². The van der Waals surface area contributed by atoms with Crippen LogP contribution in [0.4, 0.5) is 0 Å². The molecule has 1 atom stereocenters. The topological polar surface area (TPSA) is 89.6 Å². The maximum atomic E-state index is 11.9. The summed E-state index contributed by atoms with van der Waals surface area (Å²) in [5.41, 5.74) is 0.909. The molecule has 1 aromatic heterocycles. The van der Waals surface area contributed by atoms with E-state index in [1.165, 1.54) is 18.3 Å². The van der Waals surface area contributed by atoms with E-state index in [9.17, 15) is 13.5 Å². The number of nitrogens with zero attached hydrogens (tertiary/aromatic N) is 1. The molecule has 24 heavy (non-hydrogen) atoms. The first-order chi connectivity index (χ1) is 11.3. The molecule has 3 rings (SSSR count). The Morgan fingerprint density at radius 1 is 1.42 bits per heavy atom. The first kappa shape index (κ1) is 17.3. The smallest absolute Gasteiger partial charge is 0.179 e. The van der Waals surface area contributed by atoms with Crippen LogP contribution in [-0.2, 0) is 9.84 Å². The third-order valence-electron chi connectivity index (χ3n) is 3.94. The van der Waals surface area contributed by atoms with Gasteiger partial charge in [-0.05, 0) is 25.8 Å². The highest BCUT2D eigenvalue weighted by molar-refractivity contribution is 7.90. The fraction of sp³-hybridized carbons (Fsp3) is 0.438. The predicted octanol–water partition coefficient (Wildman–Crippen LogP) is 3.09. The number of sulfone groups is 1. The molecule has 1 aliphatic rings. The molecule has 1 fully saturated rings. The Morgan fingerprint density at radius 2 is 2.12 bits per heavy atom. The summed E-state index contributed by atoms with van der Waals surface area (Å²) in [5.74, 6) is 0.990. The number of hydrogen-bond donors (Lipinski definition) is 1. The summed E-state index contributed by atoms with van der Waals surface area (Å²) >= 11 is 6.36. The number of aromatic nitrogens is 1. The van der Waals surface area contributed by atoms with Gasteiger partial charge >= 0.3 is 0 Å². The molecule has 1 unspecified atom stereocenters. The Hall–Kier alpha value is -1.57. The van der Waals surface area contributed by atoms with Crippen LogP contribution in [0.2, 0.25) is 5.02 Å². The maximum absolute atomic E-state index is 11.9. The average molecular weight is 372 g/mol. The van der Waals surface area contributed by atoms with Gasteiger partial charge in [0.2, 0.25) is 0 Å². The van der Waals surface area contributed by atoms with E-state index in [1.807, 2.05) is 0 Å². The zero-order valence-corrected chi connectivity index (χ0v) is 14.9. The van der Waals surface area contributed by atoms with Crippen molar-refractivity contribution in [2.45, 2.75) is 36.7 Å². The molecule has 1 aliphatic carbocycles. The van der Waals surface area contributed by atoms with E-state index in [1.54, 1.807) is 6.92 Å². The Kier molecular flexibility index (Phi) is 4.59. The zero-order valence-electron chi connectivity index (χ0n) is 13.3. The summed E-state index contributed by atoms with van der Waals surface area (Å²) in [6, 6.07) is 2.89. The lowest BCUT2D eigenvalue weighted by Gasteiger charge is -2.17.